The summed E-state index contributed by atoms with van der Waals surface area (Å²) in [4.78, 5) is 21.1. The van der Waals surface area contributed by atoms with Gasteiger partial charge in [0.05, 0.1) is 20.5 Å². The summed E-state index contributed by atoms with van der Waals surface area (Å²) in [6.07, 6.45) is 0. The number of rotatable bonds is 12. The minimum absolute atomic E-state index is 0.0129. The molecule has 0 saturated carbocycles. The van der Waals surface area contributed by atoms with Crippen molar-refractivity contribution in [3.63, 3.8) is 0 Å². The van der Waals surface area contributed by atoms with Crippen LogP contribution < -0.4 is 15.4 Å². The molecule has 4 aromatic carbocycles. The predicted octanol–water partition coefficient (Wildman–Crippen LogP) is 4.92. The highest BCUT2D eigenvalue weighted by molar-refractivity contribution is 7.86. The number of nitro benzene ring substituents is 1. The lowest BCUT2D eigenvalue weighted by molar-refractivity contribution is -0.385. The molecule has 0 fully saturated rings. The van der Waals surface area contributed by atoms with Gasteiger partial charge in [0.1, 0.15) is 22.0 Å². The molecule has 0 spiro atoms. The molecule has 0 radical (unpaired) electrons. The predicted molar refractivity (Wildman–Crippen MR) is 159 cm³/mol. The first kappa shape index (κ1) is 32.2. The summed E-state index contributed by atoms with van der Waals surface area (Å²) in [7, 11) is -9.59. The molecule has 0 aliphatic heterocycles. The van der Waals surface area contributed by atoms with Gasteiger partial charge in [-0.15, -0.1) is 10.2 Å². The first-order chi connectivity index (χ1) is 20.7. The van der Waals surface area contributed by atoms with Crippen LogP contribution in [-0.4, -0.2) is 56.5 Å². The van der Waals surface area contributed by atoms with E-state index in [0.29, 0.717) is 22.2 Å². The number of benzene rings is 4. The number of azo groups is 1. The van der Waals surface area contributed by atoms with Crippen LogP contribution in [0.25, 0.3) is 10.8 Å². The van der Waals surface area contributed by atoms with Gasteiger partial charge in [0, 0.05) is 30.6 Å². The summed E-state index contributed by atoms with van der Waals surface area (Å²) >= 11 is 6.01. The smallest absolute Gasteiger partial charge is 0.297 e. The Hall–Kier alpha value is -4.68. The van der Waals surface area contributed by atoms with Gasteiger partial charge in [-0.1, -0.05) is 35.9 Å². The summed E-state index contributed by atoms with van der Waals surface area (Å²) in [6, 6.07) is 16.0. The van der Waals surface area contributed by atoms with Gasteiger partial charge in [0.15, 0.2) is 6.61 Å². The number of nitro groups is 1. The zero-order valence-corrected chi connectivity index (χ0v) is 24.6. The number of carbonyl (C=O) groups is 1. The fourth-order valence-corrected chi connectivity index (χ4v) is 5.20. The van der Waals surface area contributed by atoms with E-state index in [-0.39, 0.29) is 36.5 Å². The van der Waals surface area contributed by atoms with E-state index in [1.165, 1.54) is 12.1 Å². The Morgan fingerprint density at radius 2 is 1.66 bits per heavy atom. The third-order valence-electron chi connectivity index (χ3n) is 5.91. The van der Waals surface area contributed by atoms with Crippen molar-refractivity contribution < 1.29 is 40.4 Å². The minimum Gasteiger partial charge on any atom is -0.482 e. The minimum atomic E-state index is -4.97. The summed E-state index contributed by atoms with van der Waals surface area (Å²) in [5, 5.41) is 25.7. The molecule has 0 aliphatic carbocycles. The van der Waals surface area contributed by atoms with Crippen molar-refractivity contribution >= 4 is 71.3 Å². The lowest BCUT2D eigenvalue weighted by atomic mass is 10.1. The average Bonchev–Trinajstić information content (AvgIpc) is 2.96. The third-order valence-corrected chi connectivity index (χ3v) is 7.96. The molecule has 230 valence electrons. The van der Waals surface area contributed by atoms with Gasteiger partial charge in [0.2, 0.25) is 0 Å². The van der Waals surface area contributed by atoms with E-state index in [4.69, 9.17) is 16.3 Å². The van der Waals surface area contributed by atoms with Crippen LogP contribution in [0.2, 0.25) is 5.02 Å². The van der Waals surface area contributed by atoms with Crippen molar-refractivity contribution in [1.82, 2.24) is 5.32 Å². The van der Waals surface area contributed by atoms with E-state index >= 15 is 0 Å². The molecule has 0 aromatic heterocycles. The third kappa shape index (κ3) is 8.03. The molecule has 0 bridgehead atoms. The van der Waals surface area contributed by atoms with Gasteiger partial charge in [-0.25, -0.2) is 0 Å². The maximum atomic E-state index is 12.2. The molecule has 0 aliphatic rings. The van der Waals surface area contributed by atoms with Crippen LogP contribution in [0.5, 0.6) is 5.75 Å². The van der Waals surface area contributed by atoms with Crippen LogP contribution >= 0.6 is 11.6 Å². The monoisotopic (exact) mass is 663 g/mol. The number of para-hydroxylation sites is 1. The molecular formula is C26H22ClN5O10S2. The SMILES string of the molecule is O=C(COc1ccccc1Cl)NCCNc1ccc2ccc(S(=O)(=O)O)cc2c1N=Nc1ccc([N+](=O)[O-])cc1S(=O)(=O)O. The maximum absolute atomic E-state index is 12.2. The number of fused-ring (bicyclic) bond motifs is 1. The van der Waals surface area contributed by atoms with Crippen LogP contribution in [0.1, 0.15) is 0 Å². The summed E-state index contributed by atoms with van der Waals surface area (Å²) in [5.41, 5.74) is -0.828. The van der Waals surface area contributed by atoms with Crippen molar-refractivity contribution in [2.75, 3.05) is 25.0 Å². The first-order valence-electron chi connectivity index (χ1n) is 12.3. The van der Waals surface area contributed by atoms with Crippen LogP contribution in [0.3, 0.4) is 0 Å². The molecule has 0 unspecified atom stereocenters. The highest BCUT2D eigenvalue weighted by Crippen LogP contribution is 2.38. The van der Waals surface area contributed by atoms with Crippen molar-refractivity contribution in [2.24, 2.45) is 10.2 Å². The van der Waals surface area contributed by atoms with Gasteiger partial charge in [0.25, 0.3) is 31.8 Å². The van der Waals surface area contributed by atoms with Crippen LogP contribution in [0.4, 0.5) is 22.7 Å². The number of nitrogens with zero attached hydrogens (tertiary/aromatic N) is 3. The Bertz CT molecular complexity index is 2000. The van der Waals surface area contributed by atoms with Crippen LogP contribution in [0, 0.1) is 10.1 Å². The second-order valence-corrected chi connectivity index (χ2v) is 12.1. The second kappa shape index (κ2) is 13.3. The Labute approximate surface area is 255 Å². The molecule has 4 N–H and O–H groups in total. The molecule has 15 nitrogen and oxygen atoms in total. The summed E-state index contributed by atoms with van der Waals surface area (Å²) in [6.45, 7) is -0.0831. The molecule has 44 heavy (non-hydrogen) atoms. The van der Waals surface area contributed by atoms with Gasteiger partial charge >= 0.3 is 0 Å². The van der Waals surface area contributed by atoms with Crippen LogP contribution in [-0.2, 0) is 25.0 Å². The quantitative estimate of drug-likeness (QED) is 0.0523. The summed E-state index contributed by atoms with van der Waals surface area (Å²) in [5.74, 6) is -0.109. The first-order valence-corrected chi connectivity index (χ1v) is 15.6. The van der Waals surface area contributed by atoms with Gasteiger partial charge < -0.3 is 15.4 Å². The van der Waals surface area contributed by atoms with Crippen molar-refractivity contribution in [3.05, 3.63) is 87.9 Å². The molecule has 0 atom stereocenters. The van der Waals surface area contributed by atoms with Crippen molar-refractivity contribution in [3.8, 4) is 5.75 Å². The molecular weight excluding hydrogens is 642 g/mol. The van der Waals surface area contributed by atoms with Crippen molar-refractivity contribution in [2.45, 2.75) is 9.79 Å². The zero-order valence-electron chi connectivity index (χ0n) is 22.2. The number of anilines is 1. The lowest BCUT2D eigenvalue weighted by Gasteiger charge is -2.13. The number of ether oxygens (including phenoxy) is 1. The standard InChI is InChI=1S/C26H22ClN5O10S2/c27-20-3-1-2-4-23(20)42-15-25(33)29-12-11-28-22-9-6-16-5-8-18(43(36,37)38)14-19(16)26(22)31-30-21-10-7-17(32(34)35)13-24(21)44(39,40)41/h1-10,13-14,28H,11-12,15H2,(H,29,33)(H,36,37,38)(H,39,40,41). The van der Waals surface area contributed by atoms with Crippen LogP contribution in [0.15, 0.2) is 92.8 Å². The second-order valence-electron chi connectivity index (χ2n) is 8.90. The molecule has 4 aromatic rings. The Morgan fingerprint density at radius 1 is 0.932 bits per heavy atom. The number of amides is 1. The highest BCUT2D eigenvalue weighted by Gasteiger charge is 2.21. The summed E-state index contributed by atoms with van der Waals surface area (Å²) < 4.78 is 72.0. The van der Waals surface area contributed by atoms with Gasteiger partial charge in [-0.2, -0.15) is 16.8 Å². The van der Waals surface area contributed by atoms with E-state index in [1.807, 2.05) is 0 Å². The van der Waals surface area contributed by atoms with E-state index in [0.717, 1.165) is 18.2 Å². The number of hydrogen-bond donors (Lipinski definition) is 4. The number of nitrogens with one attached hydrogen (secondary N) is 2. The lowest BCUT2D eigenvalue weighted by Crippen LogP contribution is -2.32. The molecule has 4 rings (SSSR count). The topological polar surface area (TPSA) is 227 Å². The molecule has 0 saturated heterocycles. The Kier molecular flexibility index (Phi) is 9.75. The highest BCUT2D eigenvalue weighted by atomic mass is 35.5. The number of non-ortho nitro benzene ring substituents is 1. The Balaban J connectivity index is 1.62. The van der Waals surface area contributed by atoms with E-state index in [9.17, 15) is 40.8 Å². The number of carbonyl (C=O) groups excluding carboxylic acids is 1. The van der Waals surface area contributed by atoms with E-state index < -0.39 is 52.2 Å². The average molecular weight is 664 g/mol. The molecule has 0 heterocycles. The van der Waals surface area contributed by atoms with Crippen molar-refractivity contribution in [1.29, 1.82) is 0 Å². The van der Waals surface area contributed by atoms with Gasteiger partial charge in [-0.05, 0) is 41.8 Å². The molecule has 1 amide bonds. The fraction of sp³-hybridized carbons (Fsp3) is 0.115. The van der Waals surface area contributed by atoms with Gasteiger partial charge in [-0.3, -0.25) is 24.0 Å². The Morgan fingerprint density at radius 3 is 2.34 bits per heavy atom. The normalized spacial score (nSPS) is 11.9. The molecule has 18 heteroatoms. The van der Waals surface area contributed by atoms with E-state index in [1.54, 1.807) is 36.4 Å². The maximum Gasteiger partial charge on any atom is 0.297 e. The van der Waals surface area contributed by atoms with E-state index in [2.05, 4.69) is 20.9 Å². The number of halogens is 1. The zero-order chi connectivity index (χ0) is 32.1. The number of hydrogen-bond acceptors (Lipinski definition) is 11. The fourth-order valence-electron chi connectivity index (χ4n) is 3.86. The largest absolute Gasteiger partial charge is 0.482 e.